The van der Waals surface area contributed by atoms with E-state index in [2.05, 4.69) is 22.2 Å². The molecule has 1 aromatic heterocycles. The third kappa shape index (κ3) is 3.88. The fraction of sp³-hybridized carbons (Fsp3) is 0.421. The highest BCUT2D eigenvalue weighted by Gasteiger charge is 2.33. The molecule has 0 aliphatic heterocycles. The molecule has 28 heavy (non-hydrogen) atoms. The molecule has 9 heteroatoms. The van der Waals surface area contributed by atoms with Gasteiger partial charge in [-0.2, -0.15) is 13.2 Å². The summed E-state index contributed by atoms with van der Waals surface area (Å²) in [5.74, 6) is 0. The van der Waals surface area contributed by atoms with E-state index in [-0.39, 0.29) is 12.6 Å². The predicted octanol–water partition coefficient (Wildman–Crippen LogP) is 4.08. The number of hydrogen-bond acceptors (Lipinski definition) is 4. The van der Waals surface area contributed by atoms with E-state index in [1.54, 1.807) is 4.68 Å². The number of halogens is 3. The highest BCUT2D eigenvalue weighted by molar-refractivity contribution is 5.70. The first-order valence-electron chi connectivity index (χ1n) is 9.06. The molecule has 1 N–H and O–H groups in total. The minimum atomic E-state index is -4.37. The first-order chi connectivity index (χ1) is 13.3. The second kappa shape index (κ2) is 6.96. The monoisotopic (exact) mass is 392 g/mol. The van der Waals surface area contributed by atoms with Gasteiger partial charge in [0.2, 0.25) is 0 Å². The molecule has 6 nitrogen and oxygen atoms in total. The molecule has 1 unspecified atom stereocenters. The summed E-state index contributed by atoms with van der Waals surface area (Å²) in [6.07, 6.45) is -2.23. The lowest BCUT2D eigenvalue weighted by atomic mass is 9.94. The Kier molecular flexibility index (Phi) is 4.60. The molecule has 0 spiro atoms. The molecule has 1 amide bonds. The van der Waals surface area contributed by atoms with Gasteiger partial charge in [-0.1, -0.05) is 23.9 Å². The Morgan fingerprint density at radius 3 is 2.61 bits per heavy atom. The van der Waals surface area contributed by atoms with Crippen LogP contribution in [-0.2, 0) is 17.5 Å². The topological polar surface area (TPSA) is 69.0 Å². The van der Waals surface area contributed by atoms with Crippen LogP contribution in [0.5, 0.6) is 0 Å². The summed E-state index contributed by atoms with van der Waals surface area (Å²) in [5.41, 5.74) is 1.98. The number of nitrogens with zero attached hydrogens (tertiary/aromatic N) is 3. The van der Waals surface area contributed by atoms with Crippen molar-refractivity contribution < 1.29 is 22.7 Å². The number of carbonyl (C=O) groups excluding carboxylic acids is 1. The number of allylic oxidation sites excluding steroid dienone is 1. The van der Waals surface area contributed by atoms with Gasteiger partial charge in [0.25, 0.3) is 0 Å². The van der Waals surface area contributed by atoms with Gasteiger partial charge in [-0.25, -0.2) is 9.48 Å². The summed E-state index contributed by atoms with van der Waals surface area (Å²) in [6, 6.07) is 5.11. The average Bonchev–Trinajstić information content (AvgIpc) is 3.34. The van der Waals surface area contributed by atoms with Gasteiger partial charge >= 0.3 is 12.3 Å². The first-order valence-corrected chi connectivity index (χ1v) is 9.06. The van der Waals surface area contributed by atoms with Crippen LogP contribution < -0.4 is 5.32 Å². The number of rotatable bonds is 4. The van der Waals surface area contributed by atoms with E-state index in [9.17, 15) is 18.0 Å². The van der Waals surface area contributed by atoms with Crippen LogP contribution in [0.4, 0.5) is 18.0 Å². The number of fused-ring (bicyclic) bond motifs is 1. The van der Waals surface area contributed by atoms with Gasteiger partial charge in [0.05, 0.1) is 17.8 Å². The van der Waals surface area contributed by atoms with Crippen molar-refractivity contribution in [2.75, 3.05) is 0 Å². The van der Waals surface area contributed by atoms with Crippen LogP contribution in [0.2, 0.25) is 0 Å². The quantitative estimate of drug-likeness (QED) is 0.851. The van der Waals surface area contributed by atoms with Crippen LogP contribution >= 0.6 is 0 Å². The maximum atomic E-state index is 12.7. The van der Waals surface area contributed by atoms with E-state index in [4.69, 9.17) is 4.74 Å². The summed E-state index contributed by atoms with van der Waals surface area (Å²) in [7, 11) is 0. The van der Waals surface area contributed by atoms with Crippen molar-refractivity contribution in [2.45, 2.75) is 50.6 Å². The van der Waals surface area contributed by atoms with Crippen molar-refractivity contribution in [3.63, 3.8) is 0 Å². The Labute approximate surface area is 159 Å². The van der Waals surface area contributed by atoms with Gasteiger partial charge in [0.1, 0.15) is 11.8 Å². The SMILES string of the molecule is C=C1CCC(OC(=O)NC2CC2)c2nnn(Cc3ccc(C(F)(F)F)cc3)c21. The number of nitrogens with one attached hydrogen (secondary N) is 1. The van der Waals surface area contributed by atoms with Crippen LogP contribution in [0.1, 0.15) is 54.3 Å². The molecule has 2 aliphatic carbocycles. The second-order valence-electron chi connectivity index (χ2n) is 7.13. The predicted molar refractivity (Wildman–Crippen MR) is 94.2 cm³/mol. The number of amides is 1. The minimum Gasteiger partial charge on any atom is -0.440 e. The normalized spacial score (nSPS) is 19.2. The fourth-order valence-corrected chi connectivity index (χ4v) is 3.22. The summed E-state index contributed by atoms with van der Waals surface area (Å²) in [4.78, 5) is 12.0. The van der Waals surface area contributed by atoms with Gasteiger partial charge in [-0.3, -0.25) is 0 Å². The van der Waals surface area contributed by atoms with Crippen molar-refractivity contribution in [3.8, 4) is 0 Å². The van der Waals surface area contributed by atoms with Crippen LogP contribution in [0.3, 0.4) is 0 Å². The molecular weight excluding hydrogens is 373 g/mol. The summed E-state index contributed by atoms with van der Waals surface area (Å²) in [6.45, 7) is 4.29. The zero-order chi connectivity index (χ0) is 19.9. The number of carbonyl (C=O) groups is 1. The zero-order valence-corrected chi connectivity index (χ0v) is 15.0. The van der Waals surface area contributed by atoms with E-state index in [1.165, 1.54) is 12.1 Å². The largest absolute Gasteiger partial charge is 0.440 e. The molecular formula is C19H19F3N4O2. The number of aromatic nitrogens is 3. The molecule has 148 valence electrons. The molecule has 1 saturated carbocycles. The molecule has 0 radical (unpaired) electrons. The van der Waals surface area contributed by atoms with E-state index in [0.29, 0.717) is 29.8 Å². The molecule has 1 atom stereocenters. The standard InChI is InChI=1S/C19H19F3N4O2/c1-11-2-9-15(28-18(27)23-14-7-8-14)16-17(11)26(25-24-16)10-12-3-5-13(6-4-12)19(20,21)22/h3-6,14-15H,1-2,7-10H2,(H,23,27). The number of ether oxygens (including phenoxy) is 1. The highest BCUT2D eigenvalue weighted by Crippen LogP contribution is 2.37. The molecule has 0 bridgehead atoms. The molecule has 1 aromatic carbocycles. The third-order valence-corrected chi connectivity index (χ3v) is 4.87. The maximum absolute atomic E-state index is 12.7. The Bertz CT molecular complexity index is 901. The van der Waals surface area contributed by atoms with Crippen molar-refractivity contribution in [1.29, 1.82) is 0 Å². The second-order valence-corrected chi connectivity index (χ2v) is 7.13. The molecule has 4 rings (SSSR count). The molecule has 0 saturated heterocycles. The summed E-state index contributed by atoms with van der Waals surface area (Å²) >= 11 is 0. The average molecular weight is 392 g/mol. The van der Waals surface area contributed by atoms with Gasteiger partial charge in [0, 0.05) is 6.04 Å². The Balaban J connectivity index is 1.51. The van der Waals surface area contributed by atoms with Gasteiger partial charge in [-0.05, 0) is 49.0 Å². The van der Waals surface area contributed by atoms with E-state index in [0.717, 1.165) is 30.5 Å². The summed E-state index contributed by atoms with van der Waals surface area (Å²) in [5, 5.41) is 11.1. The van der Waals surface area contributed by atoms with Crippen LogP contribution in [0.25, 0.3) is 5.57 Å². The lowest BCUT2D eigenvalue weighted by Crippen LogP contribution is -2.29. The molecule has 1 heterocycles. The van der Waals surface area contributed by atoms with E-state index >= 15 is 0 Å². The molecule has 2 aliphatic rings. The Hall–Kier alpha value is -2.84. The fourth-order valence-electron chi connectivity index (χ4n) is 3.22. The first kappa shape index (κ1) is 18.5. The van der Waals surface area contributed by atoms with Crippen LogP contribution in [-0.4, -0.2) is 27.1 Å². The van der Waals surface area contributed by atoms with E-state index < -0.39 is 23.9 Å². The van der Waals surface area contributed by atoms with E-state index in [1.807, 2.05) is 0 Å². The lowest BCUT2D eigenvalue weighted by Gasteiger charge is -2.23. The molecule has 1 fully saturated rings. The Morgan fingerprint density at radius 2 is 1.96 bits per heavy atom. The highest BCUT2D eigenvalue weighted by atomic mass is 19.4. The summed E-state index contributed by atoms with van der Waals surface area (Å²) < 4.78 is 45.2. The van der Waals surface area contributed by atoms with Crippen molar-refractivity contribution in [1.82, 2.24) is 20.3 Å². The van der Waals surface area contributed by atoms with Crippen LogP contribution in [0.15, 0.2) is 30.8 Å². The Morgan fingerprint density at radius 1 is 1.25 bits per heavy atom. The number of hydrogen-bond donors (Lipinski definition) is 1. The molecule has 2 aromatic rings. The van der Waals surface area contributed by atoms with Crippen molar-refractivity contribution in [3.05, 3.63) is 53.4 Å². The maximum Gasteiger partial charge on any atom is 0.416 e. The zero-order valence-electron chi connectivity index (χ0n) is 15.0. The number of alkyl carbamates (subject to hydrolysis) is 1. The van der Waals surface area contributed by atoms with Crippen molar-refractivity contribution in [2.24, 2.45) is 0 Å². The van der Waals surface area contributed by atoms with Gasteiger partial charge in [-0.15, -0.1) is 5.10 Å². The number of benzene rings is 1. The van der Waals surface area contributed by atoms with Gasteiger partial charge < -0.3 is 10.1 Å². The smallest absolute Gasteiger partial charge is 0.416 e. The van der Waals surface area contributed by atoms with Crippen molar-refractivity contribution >= 4 is 11.7 Å². The van der Waals surface area contributed by atoms with Gasteiger partial charge in [0.15, 0.2) is 0 Å². The minimum absolute atomic E-state index is 0.195. The lowest BCUT2D eigenvalue weighted by molar-refractivity contribution is -0.137. The number of alkyl halides is 3. The van der Waals surface area contributed by atoms with Crippen LogP contribution in [0, 0.1) is 0 Å². The third-order valence-electron chi connectivity index (χ3n) is 4.87.